The van der Waals surface area contributed by atoms with E-state index in [1.54, 1.807) is 4.68 Å². The van der Waals surface area contributed by atoms with Gasteiger partial charge < -0.3 is 5.32 Å². The van der Waals surface area contributed by atoms with Crippen molar-refractivity contribution in [3.8, 4) is 0 Å². The summed E-state index contributed by atoms with van der Waals surface area (Å²) in [4.78, 5) is 1.28. The lowest BCUT2D eigenvalue weighted by atomic mass is 10.2. The second-order valence-corrected chi connectivity index (χ2v) is 6.98. The van der Waals surface area contributed by atoms with Crippen molar-refractivity contribution in [3.05, 3.63) is 46.2 Å². The molecule has 0 spiro atoms. The highest BCUT2D eigenvalue weighted by atomic mass is 35.5. The Bertz CT molecular complexity index is 634. The van der Waals surface area contributed by atoms with Crippen LogP contribution in [0.4, 0.5) is 0 Å². The molecule has 0 saturated heterocycles. The number of benzene rings is 1. The Morgan fingerprint density at radius 3 is 2.90 bits per heavy atom. The minimum atomic E-state index is 0.742. The number of nitrogens with zero attached hydrogens (tertiary/aromatic N) is 2. The summed E-state index contributed by atoms with van der Waals surface area (Å²) in [7, 11) is 1.88. The van der Waals surface area contributed by atoms with E-state index in [0.717, 1.165) is 34.7 Å². The molecule has 0 radical (unpaired) electrons. The smallest absolute Gasteiger partial charge is 0.131 e. The van der Waals surface area contributed by atoms with Crippen LogP contribution in [-0.2, 0) is 19.3 Å². The average Bonchev–Trinajstić information content (AvgIpc) is 3.26. The molecule has 0 unspecified atom stereocenters. The summed E-state index contributed by atoms with van der Waals surface area (Å²) in [5.41, 5.74) is 3.49. The molecule has 3 nitrogen and oxygen atoms in total. The Labute approximate surface area is 135 Å². The lowest BCUT2D eigenvalue weighted by Crippen LogP contribution is -2.15. The third-order valence-corrected chi connectivity index (χ3v) is 5.22. The van der Waals surface area contributed by atoms with E-state index in [4.69, 9.17) is 11.6 Å². The molecule has 1 aromatic heterocycles. The zero-order valence-electron chi connectivity index (χ0n) is 12.4. The van der Waals surface area contributed by atoms with Crippen molar-refractivity contribution in [1.82, 2.24) is 15.1 Å². The predicted octanol–water partition coefficient (Wildman–Crippen LogP) is 3.93. The van der Waals surface area contributed by atoms with Crippen LogP contribution in [0.3, 0.4) is 0 Å². The summed E-state index contributed by atoms with van der Waals surface area (Å²) >= 11 is 8.09. The molecule has 2 aromatic rings. The standard InChI is InChI=1S/C16H20ClN3S/c1-11-15(16(17)20(2)19-11)10-21-14-5-3-4-12(8-14)9-18-13-6-7-13/h3-5,8,13,18H,6-7,9-10H2,1-2H3. The third kappa shape index (κ3) is 3.82. The molecule has 5 heteroatoms. The molecule has 1 fully saturated rings. The first-order valence-electron chi connectivity index (χ1n) is 7.26. The topological polar surface area (TPSA) is 29.9 Å². The van der Waals surface area contributed by atoms with Crippen LogP contribution in [0.25, 0.3) is 0 Å². The molecule has 1 aliphatic carbocycles. The van der Waals surface area contributed by atoms with Crippen molar-refractivity contribution in [2.24, 2.45) is 7.05 Å². The first kappa shape index (κ1) is 14.9. The Kier molecular flexibility index (Phi) is 4.57. The SMILES string of the molecule is Cc1nn(C)c(Cl)c1CSc1cccc(CNC2CC2)c1. The van der Waals surface area contributed by atoms with E-state index >= 15 is 0 Å². The van der Waals surface area contributed by atoms with Crippen molar-refractivity contribution in [3.63, 3.8) is 0 Å². The van der Waals surface area contributed by atoms with Gasteiger partial charge in [0.1, 0.15) is 5.15 Å². The molecule has 21 heavy (non-hydrogen) atoms. The van der Waals surface area contributed by atoms with Gasteiger partial charge in [-0.15, -0.1) is 11.8 Å². The fraction of sp³-hybridized carbons (Fsp3) is 0.438. The average molecular weight is 322 g/mol. The fourth-order valence-electron chi connectivity index (χ4n) is 2.29. The summed E-state index contributed by atoms with van der Waals surface area (Å²) in [6, 6.07) is 9.48. The molecular weight excluding hydrogens is 302 g/mol. The van der Waals surface area contributed by atoms with Crippen LogP contribution in [0.2, 0.25) is 5.15 Å². The van der Waals surface area contributed by atoms with Crippen LogP contribution in [0.1, 0.15) is 29.7 Å². The molecule has 112 valence electrons. The Morgan fingerprint density at radius 1 is 1.43 bits per heavy atom. The van der Waals surface area contributed by atoms with Gasteiger partial charge in [0.05, 0.1) is 5.69 Å². The van der Waals surface area contributed by atoms with E-state index in [0.29, 0.717) is 0 Å². The molecule has 1 N–H and O–H groups in total. The monoisotopic (exact) mass is 321 g/mol. The number of aryl methyl sites for hydroxylation is 2. The van der Waals surface area contributed by atoms with Crippen molar-refractivity contribution < 1.29 is 0 Å². The van der Waals surface area contributed by atoms with Crippen LogP contribution in [0.5, 0.6) is 0 Å². The molecule has 1 aromatic carbocycles. The third-order valence-electron chi connectivity index (χ3n) is 3.72. The zero-order valence-corrected chi connectivity index (χ0v) is 14.0. The molecule has 0 amide bonds. The number of rotatable bonds is 6. The maximum atomic E-state index is 6.28. The van der Waals surface area contributed by atoms with Crippen molar-refractivity contribution in [2.75, 3.05) is 0 Å². The largest absolute Gasteiger partial charge is 0.310 e. The molecule has 1 saturated carbocycles. The van der Waals surface area contributed by atoms with Crippen LogP contribution >= 0.6 is 23.4 Å². The highest BCUT2D eigenvalue weighted by Gasteiger charge is 2.19. The summed E-state index contributed by atoms with van der Waals surface area (Å²) < 4.78 is 1.74. The van der Waals surface area contributed by atoms with E-state index in [9.17, 15) is 0 Å². The first-order valence-corrected chi connectivity index (χ1v) is 8.63. The Morgan fingerprint density at radius 2 is 2.24 bits per heavy atom. The maximum Gasteiger partial charge on any atom is 0.131 e. The van der Waals surface area contributed by atoms with Crippen molar-refractivity contribution in [2.45, 2.75) is 43.0 Å². The molecular formula is C16H20ClN3S. The maximum absolute atomic E-state index is 6.28. The van der Waals surface area contributed by atoms with Crippen LogP contribution < -0.4 is 5.32 Å². The van der Waals surface area contributed by atoms with E-state index < -0.39 is 0 Å². The van der Waals surface area contributed by atoms with Crippen molar-refractivity contribution >= 4 is 23.4 Å². The van der Waals surface area contributed by atoms with Gasteiger partial charge in [-0.05, 0) is 37.5 Å². The number of thioether (sulfide) groups is 1. The molecule has 1 aliphatic rings. The van der Waals surface area contributed by atoms with Gasteiger partial charge in [0.25, 0.3) is 0 Å². The van der Waals surface area contributed by atoms with Crippen LogP contribution in [0.15, 0.2) is 29.2 Å². The van der Waals surface area contributed by atoms with E-state index in [1.807, 2.05) is 25.7 Å². The van der Waals surface area contributed by atoms with Gasteiger partial charge >= 0.3 is 0 Å². The lowest BCUT2D eigenvalue weighted by molar-refractivity contribution is 0.687. The number of hydrogen-bond donors (Lipinski definition) is 1. The second-order valence-electron chi connectivity index (χ2n) is 5.57. The minimum absolute atomic E-state index is 0.742. The number of nitrogens with one attached hydrogen (secondary N) is 1. The summed E-state index contributed by atoms with van der Waals surface area (Å²) in [6.07, 6.45) is 2.65. The van der Waals surface area contributed by atoms with Crippen molar-refractivity contribution in [1.29, 1.82) is 0 Å². The van der Waals surface area contributed by atoms with Gasteiger partial charge in [-0.1, -0.05) is 23.7 Å². The fourth-order valence-corrected chi connectivity index (χ4v) is 3.67. The Hall–Kier alpha value is -0.970. The summed E-state index contributed by atoms with van der Waals surface area (Å²) in [5.74, 6) is 0.859. The molecule has 0 atom stereocenters. The molecule has 0 bridgehead atoms. The minimum Gasteiger partial charge on any atom is -0.310 e. The van der Waals surface area contributed by atoms with E-state index in [-0.39, 0.29) is 0 Å². The van der Waals surface area contributed by atoms with Gasteiger partial charge in [-0.25, -0.2) is 0 Å². The van der Waals surface area contributed by atoms with Crippen LogP contribution in [0, 0.1) is 6.92 Å². The highest BCUT2D eigenvalue weighted by molar-refractivity contribution is 7.98. The van der Waals surface area contributed by atoms with Gasteiger partial charge in [-0.3, -0.25) is 4.68 Å². The van der Waals surface area contributed by atoms with E-state index in [2.05, 4.69) is 34.7 Å². The predicted molar refractivity (Wildman–Crippen MR) is 88.8 cm³/mol. The Balaban J connectivity index is 1.62. The summed E-state index contributed by atoms with van der Waals surface area (Å²) in [6.45, 7) is 2.98. The van der Waals surface area contributed by atoms with Crippen LogP contribution in [-0.4, -0.2) is 15.8 Å². The molecule has 3 rings (SSSR count). The molecule has 1 heterocycles. The molecule has 0 aliphatic heterocycles. The number of hydrogen-bond acceptors (Lipinski definition) is 3. The van der Waals surface area contributed by atoms with Gasteiger partial charge in [-0.2, -0.15) is 5.10 Å². The van der Waals surface area contributed by atoms with E-state index in [1.165, 1.54) is 23.3 Å². The highest BCUT2D eigenvalue weighted by Crippen LogP contribution is 2.29. The van der Waals surface area contributed by atoms with Gasteiger partial charge in [0.2, 0.25) is 0 Å². The number of halogens is 1. The summed E-state index contributed by atoms with van der Waals surface area (Å²) in [5, 5.41) is 8.65. The number of aromatic nitrogens is 2. The first-order chi connectivity index (χ1) is 10.1. The normalized spacial score (nSPS) is 14.6. The zero-order chi connectivity index (χ0) is 14.8. The lowest BCUT2D eigenvalue weighted by Gasteiger charge is -2.06. The van der Waals surface area contributed by atoms with Gasteiger partial charge in [0.15, 0.2) is 0 Å². The quantitative estimate of drug-likeness (QED) is 0.818. The second kappa shape index (κ2) is 6.42. The van der Waals surface area contributed by atoms with Gasteiger partial charge in [0, 0.05) is 35.8 Å².